The van der Waals surface area contributed by atoms with Gasteiger partial charge in [-0.1, -0.05) is 26.2 Å². The smallest absolute Gasteiger partial charge is 0.416 e. The summed E-state index contributed by atoms with van der Waals surface area (Å²) >= 11 is 0. The van der Waals surface area contributed by atoms with Crippen LogP contribution in [0.3, 0.4) is 0 Å². The number of esters is 1. The van der Waals surface area contributed by atoms with Gasteiger partial charge in [0.25, 0.3) is 0 Å². The van der Waals surface area contributed by atoms with Crippen molar-refractivity contribution in [1.29, 1.82) is 0 Å². The first-order valence-electron chi connectivity index (χ1n) is 12.7. The van der Waals surface area contributed by atoms with Gasteiger partial charge in [0.05, 0.1) is 11.5 Å². The minimum Gasteiger partial charge on any atom is -0.426 e. The van der Waals surface area contributed by atoms with E-state index < -0.39 is 11.7 Å². The Hall–Kier alpha value is -1.52. The molecule has 1 aromatic carbocycles. The zero-order chi connectivity index (χ0) is 22.7. The lowest BCUT2D eigenvalue weighted by atomic mass is 9.60. The molecule has 178 valence electrons. The molecule has 0 saturated heterocycles. The highest BCUT2D eigenvalue weighted by Gasteiger charge is 2.39. The van der Waals surface area contributed by atoms with Crippen LogP contribution in [0.5, 0.6) is 5.75 Å². The summed E-state index contributed by atoms with van der Waals surface area (Å²) in [6.45, 7) is 2.30. The molecule has 0 amide bonds. The van der Waals surface area contributed by atoms with Gasteiger partial charge < -0.3 is 4.74 Å². The van der Waals surface area contributed by atoms with Crippen LogP contribution in [0.25, 0.3) is 0 Å². The Labute approximate surface area is 190 Å². The van der Waals surface area contributed by atoms with Gasteiger partial charge >= 0.3 is 12.1 Å². The maximum Gasteiger partial charge on any atom is 0.416 e. The van der Waals surface area contributed by atoms with Gasteiger partial charge in [0.15, 0.2) is 0 Å². The molecule has 3 aliphatic rings. The molecule has 0 aromatic heterocycles. The summed E-state index contributed by atoms with van der Waals surface area (Å²) in [5, 5.41) is 0. The maximum absolute atomic E-state index is 12.7. The first-order valence-corrected chi connectivity index (χ1v) is 12.7. The number of ether oxygens (including phenoxy) is 1. The molecule has 3 fully saturated rings. The Morgan fingerprint density at radius 3 is 2.03 bits per heavy atom. The van der Waals surface area contributed by atoms with Crippen LogP contribution >= 0.6 is 0 Å². The summed E-state index contributed by atoms with van der Waals surface area (Å²) in [6.07, 6.45) is 10.6. The first kappa shape index (κ1) is 23.6. The van der Waals surface area contributed by atoms with E-state index in [-0.39, 0.29) is 17.6 Å². The number of hydrogen-bond acceptors (Lipinski definition) is 2. The highest BCUT2D eigenvalue weighted by molar-refractivity contribution is 5.75. The lowest BCUT2D eigenvalue weighted by molar-refractivity contribution is -0.140. The number of carbonyl (C=O) groups excluding carboxylic acids is 1. The molecule has 5 heteroatoms. The molecule has 0 spiro atoms. The van der Waals surface area contributed by atoms with E-state index in [0.717, 1.165) is 67.4 Å². The second kappa shape index (κ2) is 10.2. The van der Waals surface area contributed by atoms with Crippen molar-refractivity contribution in [2.75, 3.05) is 0 Å². The molecule has 0 heterocycles. The largest absolute Gasteiger partial charge is 0.426 e. The molecule has 4 atom stereocenters. The van der Waals surface area contributed by atoms with Gasteiger partial charge in [0.1, 0.15) is 5.75 Å². The van der Waals surface area contributed by atoms with E-state index in [1.165, 1.54) is 63.5 Å². The van der Waals surface area contributed by atoms with Gasteiger partial charge in [-0.2, -0.15) is 13.2 Å². The summed E-state index contributed by atoms with van der Waals surface area (Å²) in [7, 11) is 0. The average molecular weight is 451 g/mol. The predicted octanol–water partition coefficient (Wildman–Crippen LogP) is 8.05. The van der Waals surface area contributed by atoms with Crippen molar-refractivity contribution in [2.24, 2.45) is 35.5 Å². The lowest BCUT2D eigenvalue weighted by Crippen LogP contribution is -2.35. The molecule has 3 saturated carbocycles. The summed E-state index contributed by atoms with van der Waals surface area (Å²) < 4.78 is 43.5. The molecular formula is C27H37F3O2. The van der Waals surface area contributed by atoms with Gasteiger partial charge in [-0.25, -0.2) is 0 Å². The van der Waals surface area contributed by atoms with Crippen LogP contribution in [0.1, 0.15) is 89.5 Å². The number of alkyl halides is 3. The summed E-state index contributed by atoms with van der Waals surface area (Å²) in [6, 6.07) is 4.40. The predicted molar refractivity (Wildman–Crippen MR) is 119 cm³/mol. The Balaban J connectivity index is 1.23. The van der Waals surface area contributed by atoms with Crippen molar-refractivity contribution < 1.29 is 22.7 Å². The van der Waals surface area contributed by atoms with Gasteiger partial charge in [0, 0.05) is 0 Å². The monoisotopic (exact) mass is 450 g/mol. The van der Waals surface area contributed by atoms with Crippen molar-refractivity contribution in [2.45, 2.75) is 90.1 Å². The number of fused-ring (bicyclic) bond motifs is 1. The number of carbonyl (C=O) groups is 1. The van der Waals surface area contributed by atoms with Gasteiger partial charge in [-0.05, 0) is 112 Å². The molecule has 0 bridgehead atoms. The van der Waals surface area contributed by atoms with Crippen LogP contribution < -0.4 is 4.74 Å². The fourth-order valence-electron chi connectivity index (χ4n) is 6.86. The molecule has 0 aliphatic heterocycles. The number of rotatable bonds is 5. The molecule has 1 aromatic rings. The topological polar surface area (TPSA) is 26.3 Å². The van der Waals surface area contributed by atoms with Crippen molar-refractivity contribution in [3.8, 4) is 5.75 Å². The van der Waals surface area contributed by atoms with E-state index in [1.54, 1.807) is 0 Å². The fraction of sp³-hybridized carbons (Fsp3) is 0.741. The quantitative estimate of drug-likeness (QED) is 0.335. The van der Waals surface area contributed by atoms with Crippen LogP contribution in [-0.4, -0.2) is 5.97 Å². The van der Waals surface area contributed by atoms with Crippen molar-refractivity contribution in [3.63, 3.8) is 0 Å². The third kappa shape index (κ3) is 5.69. The molecule has 4 rings (SSSR count). The van der Waals surface area contributed by atoms with Crippen molar-refractivity contribution in [1.82, 2.24) is 0 Å². The molecule has 2 nitrogen and oxygen atoms in total. The first-order chi connectivity index (χ1) is 15.3. The Kier molecular flexibility index (Phi) is 7.51. The zero-order valence-corrected chi connectivity index (χ0v) is 19.2. The summed E-state index contributed by atoms with van der Waals surface area (Å²) in [5.74, 6) is 4.14. The Bertz CT molecular complexity index is 749. The van der Waals surface area contributed by atoms with E-state index in [9.17, 15) is 18.0 Å². The van der Waals surface area contributed by atoms with Gasteiger partial charge in [0.2, 0.25) is 0 Å². The van der Waals surface area contributed by atoms with E-state index in [1.807, 2.05) is 0 Å². The lowest BCUT2D eigenvalue weighted by Gasteiger charge is -2.45. The van der Waals surface area contributed by atoms with Crippen LogP contribution in [-0.2, 0) is 11.0 Å². The molecule has 0 N–H and O–H groups in total. The molecule has 0 radical (unpaired) electrons. The number of halogens is 3. The molecular weight excluding hydrogens is 413 g/mol. The van der Waals surface area contributed by atoms with Crippen LogP contribution in [0.2, 0.25) is 0 Å². The third-order valence-corrected chi connectivity index (χ3v) is 8.63. The second-order valence-corrected chi connectivity index (χ2v) is 10.6. The van der Waals surface area contributed by atoms with Crippen LogP contribution in [0.4, 0.5) is 13.2 Å². The number of benzene rings is 1. The normalized spacial score (nSPS) is 33.4. The molecule has 3 aliphatic carbocycles. The zero-order valence-electron chi connectivity index (χ0n) is 19.2. The van der Waals surface area contributed by atoms with E-state index in [2.05, 4.69) is 6.92 Å². The second-order valence-electron chi connectivity index (χ2n) is 10.6. The Morgan fingerprint density at radius 2 is 1.41 bits per heavy atom. The summed E-state index contributed by atoms with van der Waals surface area (Å²) in [5.41, 5.74) is -0.730. The van der Waals surface area contributed by atoms with Crippen molar-refractivity contribution >= 4 is 5.97 Å². The molecule has 32 heavy (non-hydrogen) atoms. The maximum atomic E-state index is 12.7. The third-order valence-electron chi connectivity index (χ3n) is 8.63. The summed E-state index contributed by atoms with van der Waals surface area (Å²) in [4.78, 5) is 12.6. The SMILES string of the molecule is CCCC1CCC2CC(C3CCC(C(=O)Oc4ccc(C(F)(F)F)cc4)CC3)CCC2C1. The van der Waals surface area contributed by atoms with Crippen LogP contribution in [0.15, 0.2) is 24.3 Å². The highest BCUT2D eigenvalue weighted by atomic mass is 19.4. The standard InChI is InChI=1S/C27H37F3O2/c1-2-3-18-4-5-23-17-22(11-10-21(23)16-18)19-6-8-20(9-7-19)26(31)32-25-14-12-24(13-15-25)27(28,29)30/h12-15,18-23H,2-11,16-17H2,1H3. The minimum absolute atomic E-state index is 0.130. The Morgan fingerprint density at radius 1 is 0.844 bits per heavy atom. The van der Waals surface area contributed by atoms with E-state index in [4.69, 9.17) is 4.74 Å². The van der Waals surface area contributed by atoms with E-state index >= 15 is 0 Å². The van der Waals surface area contributed by atoms with Gasteiger partial charge in [-0.3, -0.25) is 4.79 Å². The van der Waals surface area contributed by atoms with Gasteiger partial charge in [-0.15, -0.1) is 0 Å². The average Bonchev–Trinajstić information content (AvgIpc) is 2.79. The van der Waals surface area contributed by atoms with Crippen molar-refractivity contribution in [3.05, 3.63) is 29.8 Å². The highest BCUT2D eigenvalue weighted by Crippen LogP contribution is 2.49. The van der Waals surface area contributed by atoms with E-state index in [0.29, 0.717) is 0 Å². The minimum atomic E-state index is -4.38. The number of hydrogen-bond donors (Lipinski definition) is 0. The molecule has 4 unspecified atom stereocenters. The van der Waals surface area contributed by atoms with Crippen LogP contribution in [0, 0.1) is 35.5 Å². The fourth-order valence-corrected chi connectivity index (χ4v) is 6.86.